The Bertz CT molecular complexity index is 466. The molecule has 1 aromatic rings. The number of allylic oxidation sites excluding steroid dienone is 4. The van der Waals surface area contributed by atoms with Crippen molar-refractivity contribution in [3.05, 3.63) is 65.3 Å². The van der Waals surface area contributed by atoms with Crippen molar-refractivity contribution in [1.29, 1.82) is 0 Å². The van der Waals surface area contributed by atoms with Crippen LogP contribution in [-0.2, 0) is 12.8 Å². The third-order valence-electron chi connectivity index (χ3n) is 3.27. The minimum Gasteiger partial charge on any atom is -0.327 e. The van der Waals surface area contributed by atoms with Crippen molar-refractivity contribution in [2.24, 2.45) is 5.73 Å². The average molecular weight is 239 g/mol. The molecule has 0 heterocycles. The van der Waals surface area contributed by atoms with Crippen LogP contribution in [0, 0.1) is 0 Å². The van der Waals surface area contributed by atoms with E-state index in [1.165, 1.54) is 36.8 Å². The van der Waals surface area contributed by atoms with E-state index in [9.17, 15) is 0 Å². The lowest BCUT2D eigenvalue weighted by Gasteiger charge is -2.15. The van der Waals surface area contributed by atoms with Gasteiger partial charge in [-0.2, -0.15) is 0 Å². The molecule has 0 unspecified atom stereocenters. The van der Waals surface area contributed by atoms with E-state index in [4.69, 9.17) is 5.73 Å². The summed E-state index contributed by atoms with van der Waals surface area (Å²) in [4.78, 5) is 0. The second-order valence-electron chi connectivity index (χ2n) is 4.64. The Morgan fingerprint density at radius 1 is 0.944 bits per heavy atom. The van der Waals surface area contributed by atoms with Crippen molar-refractivity contribution < 1.29 is 0 Å². The van der Waals surface area contributed by atoms with E-state index in [0.29, 0.717) is 6.54 Å². The molecule has 0 fully saturated rings. The highest BCUT2D eigenvalue weighted by atomic mass is 14.5. The molecule has 2 rings (SSSR count). The molecule has 94 valence electrons. The first kappa shape index (κ1) is 12.8. The minimum atomic E-state index is 0.596. The van der Waals surface area contributed by atoms with Gasteiger partial charge in [-0.1, -0.05) is 54.7 Å². The number of rotatable bonds is 4. The smallest absolute Gasteiger partial charge is 0.0109 e. The second kappa shape index (κ2) is 6.97. The van der Waals surface area contributed by atoms with Crippen LogP contribution in [0.5, 0.6) is 0 Å². The van der Waals surface area contributed by atoms with Crippen LogP contribution < -0.4 is 5.73 Å². The number of aryl methyl sites for hydroxylation is 2. The highest BCUT2D eigenvalue weighted by Crippen LogP contribution is 2.22. The molecular weight excluding hydrogens is 218 g/mol. The quantitative estimate of drug-likeness (QED) is 0.797. The number of hydrogen-bond acceptors (Lipinski definition) is 1. The molecule has 0 saturated carbocycles. The molecule has 0 bridgehead atoms. The molecule has 1 nitrogen and oxygen atoms in total. The summed E-state index contributed by atoms with van der Waals surface area (Å²) in [6, 6.07) is 6.82. The molecule has 0 saturated heterocycles. The number of nitrogens with two attached hydrogens (primary N) is 1. The molecular formula is C17H21N. The Morgan fingerprint density at radius 3 is 2.56 bits per heavy atom. The van der Waals surface area contributed by atoms with E-state index in [-0.39, 0.29) is 0 Å². The van der Waals surface area contributed by atoms with Crippen molar-refractivity contribution in [2.45, 2.75) is 25.7 Å². The van der Waals surface area contributed by atoms with E-state index in [2.05, 4.69) is 30.4 Å². The summed E-state index contributed by atoms with van der Waals surface area (Å²) in [5.74, 6) is 0. The van der Waals surface area contributed by atoms with Crippen LogP contribution in [0.15, 0.2) is 48.6 Å². The fraction of sp³-hybridized carbons (Fsp3) is 0.294. The van der Waals surface area contributed by atoms with Crippen LogP contribution in [0.3, 0.4) is 0 Å². The van der Waals surface area contributed by atoms with Gasteiger partial charge in [0.1, 0.15) is 0 Å². The van der Waals surface area contributed by atoms with Crippen LogP contribution in [0.1, 0.15) is 29.5 Å². The third-order valence-corrected chi connectivity index (χ3v) is 3.27. The van der Waals surface area contributed by atoms with Crippen molar-refractivity contribution in [1.82, 2.24) is 0 Å². The lowest BCUT2D eigenvalue weighted by atomic mass is 9.90. The van der Waals surface area contributed by atoms with Gasteiger partial charge < -0.3 is 5.73 Å². The molecule has 0 aromatic heterocycles. The Hall–Kier alpha value is -1.60. The Morgan fingerprint density at radius 2 is 1.72 bits per heavy atom. The van der Waals surface area contributed by atoms with Gasteiger partial charge in [0, 0.05) is 6.54 Å². The zero-order valence-electron chi connectivity index (χ0n) is 10.8. The van der Waals surface area contributed by atoms with E-state index in [0.717, 1.165) is 0 Å². The van der Waals surface area contributed by atoms with Gasteiger partial charge in [-0.25, -0.2) is 0 Å². The van der Waals surface area contributed by atoms with Crippen LogP contribution in [0.2, 0.25) is 0 Å². The van der Waals surface area contributed by atoms with Gasteiger partial charge in [0.15, 0.2) is 0 Å². The molecule has 1 aliphatic rings. The van der Waals surface area contributed by atoms with Gasteiger partial charge in [-0.05, 0) is 42.4 Å². The van der Waals surface area contributed by atoms with Gasteiger partial charge in [-0.15, -0.1) is 0 Å². The number of hydrogen-bond donors (Lipinski definition) is 1. The Kier molecular flexibility index (Phi) is 4.98. The topological polar surface area (TPSA) is 26.0 Å². The zero-order chi connectivity index (χ0) is 12.6. The molecule has 0 spiro atoms. The average Bonchev–Trinajstić information content (AvgIpc) is 2.42. The summed E-state index contributed by atoms with van der Waals surface area (Å²) >= 11 is 0. The molecule has 0 atom stereocenters. The van der Waals surface area contributed by atoms with Crippen molar-refractivity contribution in [3.63, 3.8) is 0 Å². The summed E-state index contributed by atoms with van der Waals surface area (Å²) in [5, 5.41) is 0. The maximum absolute atomic E-state index is 5.36. The standard InChI is InChI=1S/C17H21N/c18-13-7-3-1-2-4-8-15-11-12-16-9-5-6-10-17(16)14-15/h1-4,7-8,11-12,14H,5-6,9-10,13,18H2/b2-1+,7-3+,8-4+. The molecule has 2 N–H and O–H groups in total. The fourth-order valence-corrected chi connectivity index (χ4v) is 2.31. The maximum atomic E-state index is 5.36. The van der Waals surface area contributed by atoms with E-state index < -0.39 is 0 Å². The fourth-order valence-electron chi connectivity index (χ4n) is 2.31. The largest absolute Gasteiger partial charge is 0.327 e. The molecule has 1 aromatic carbocycles. The molecule has 0 aliphatic heterocycles. The second-order valence-corrected chi connectivity index (χ2v) is 4.64. The first-order valence-corrected chi connectivity index (χ1v) is 6.72. The summed E-state index contributed by atoms with van der Waals surface area (Å²) < 4.78 is 0. The Labute approximate surface area is 110 Å². The maximum Gasteiger partial charge on any atom is 0.0109 e. The predicted molar refractivity (Wildman–Crippen MR) is 79.5 cm³/mol. The van der Waals surface area contributed by atoms with E-state index >= 15 is 0 Å². The van der Waals surface area contributed by atoms with Gasteiger partial charge in [-0.3, -0.25) is 0 Å². The van der Waals surface area contributed by atoms with Crippen LogP contribution >= 0.6 is 0 Å². The number of fused-ring (bicyclic) bond motifs is 1. The zero-order valence-corrected chi connectivity index (χ0v) is 10.8. The SMILES string of the molecule is NC/C=C/C=C/C=C/c1ccc2c(c1)CCCC2. The van der Waals surface area contributed by atoms with Gasteiger partial charge in [0.2, 0.25) is 0 Å². The van der Waals surface area contributed by atoms with Gasteiger partial charge in [0.25, 0.3) is 0 Å². The first-order chi connectivity index (χ1) is 8.90. The highest BCUT2D eigenvalue weighted by Gasteiger charge is 2.08. The first-order valence-electron chi connectivity index (χ1n) is 6.72. The van der Waals surface area contributed by atoms with Crippen molar-refractivity contribution in [3.8, 4) is 0 Å². The van der Waals surface area contributed by atoms with E-state index in [1.807, 2.05) is 24.3 Å². The van der Waals surface area contributed by atoms with Crippen molar-refractivity contribution in [2.75, 3.05) is 6.54 Å². The molecule has 1 heteroatoms. The van der Waals surface area contributed by atoms with E-state index in [1.54, 1.807) is 5.56 Å². The molecule has 18 heavy (non-hydrogen) atoms. The molecule has 0 radical (unpaired) electrons. The van der Waals surface area contributed by atoms with Crippen LogP contribution in [-0.4, -0.2) is 6.54 Å². The normalized spacial score (nSPS) is 15.8. The summed E-state index contributed by atoms with van der Waals surface area (Å²) in [5.41, 5.74) is 9.73. The lowest BCUT2D eigenvalue weighted by Crippen LogP contribution is -2.02. The highest BCUT2D eigenvalue weighted by molar-refractivity contribution is 5.53. The third kappa shape index (κ3) is 3.71. The van der Waals surface area contributed by atoms with Crippen LogP contribution in [0.25, 0.3) is 6.08 Å². The van der Waals surface area contributed by atoms with Crippen LogP contribution in [0.4, 0.5) is 0 Å². The number of benzene rings is 1. The lowest BCUT2D eigenvalue weighted by molar-refractivity contribution is 0.685. The Balaban J connectivity index is 1.99. The van der Waals surface area contributed by atoms with Gasteiger partial charge in [0.05, 0.1) is 0 Å². The molecule has 1 aliphatic carbocycles. The van der Waals surface area contributed by atoms with Crippen molar-refractivity contribution >= 4 is 6.08 Å². The summed E-state index contributed by atoms with van der Waals surface area (Å²) in [7, 11) is 0. The predicted octanol–water partition coefficient (Wildman–Crippen LogP) is 3.65. The monoisotopic (exact) mass is 239 g/mol. The summed E-state index contributed by atoms with van der Waals surface area (Å²) in [6.07, 6.45) is 17.3. The minimum absolute atomic E-state index is 0.596. The molecule has 0 amide bonds. The van der Waals surface area contributed by atoms with Gasteiger partial charge >= 0.3 is 0 Å². The summed E-state index contributed by atoms with van der Waals surface area (Å²) in [6.45, 7) is 0.596.